The van der Waals surface area contributed by atoms with Crippen LogP contribution in [0.1, 0.15) is 97.5 Å². The predicted molar refractivity (Wildman–Crippen MR) is 158 cm³/mol. The van der Waals surface area contributed by atoms with Crippen molar-refractivity contribution in [2.24, 2.45) is 0 Å². The summed E-state index contributed by atoms with van der Waals surface area (Å²) in [7, 11) is 0. The summed E-state index contributed by atoms with van der Waals surface area (Å²) in [6.45, 7) is 25.2. The summed E-state index contributed by atoms with van der Waals surface area (Å²) >= 11 is 0. The third kappa shape index (κ3) is 5.54. The fourth-order valence-electron chi connectivity index (χ4n) is 5.89. The fourth-order valence-corrected chi connectivity index (χ4v) is 5.89. The van der Waals surface area contributed by atoms with Gasteiger partial charge in [0, 0.05) is 17.0 Å². The van der Waals surface area contributed by atoms with Gasteiger partial charge >= 0.3 is 0 Å². The highest BCUT2D eigenvalue weighted by atomic mass is 16.3. The molecular weight excluding hydrogens is 452 g/mol. The summed E-state index contributed by atoms with van der Waals surface area (Å²) in [6.07, 6.45) is 4.94. The first-order valence-corrected chi connectivity index (χ1v) is 13.2. The third-order valence-electron chi connectivity index (χ3n) is 7.20. The molecule has 3 rings (SSSR count). The van der Waals surface area contributed by atoms with Gasteiger partial charge in [-0.15, -0.1) is 13.2 Å². The molecule has 2 heteroatoms. The van der Waals surface area contributed by atoms with Gasteiger partial charge in [-0.3, -0.25) is 0 Å². The molecule has 0 fully saturated rings. The molecule has 2 N–H and O–H groups in total. The first kappa shape index (κ1) is 28.3. The maximum Gasteiger partial charge on any atom is 0.122 e. The number of aromatic hydroxyl groups is 2. The lowest BCUT2D eigenvalue weighted by Gasteiger charge is -2.36. The Bertz CT molecular complexity index is 1210. The molecule has 0 aromatic heterocycles. The summed E-state index contributed by atoms with van der Waals surface area (Å²) in [5.41, 5.74) is 9.03. The van der Waals surface area contributed by atoms with Crippen LogP contribution in [-0.4, -0.2) is 10.2 Å². The van der Waals surface area contributed by atoms with Crippen molar-refractivity contribution in [3.63, 3.8) is 0 Å². The first-order chi connectivity index (χ1) is 17.2. The van der Waals surface area contributed by atoms with Crippen LogP contribution >= 0.6 is 0 Å². The standard InChI is InChI=1S/C35H44O2/c1-11-16-25-30(34(5,6)7)27(20-22(3)32(25)36)29(24-18-14-13-15-19-24)28-21-23(4)33(37)26(17-12-2)31(28)35(8,9)10/h11-15,18-21,29,36-37H,1-2,16-17H2,3-10H3. The fraction of sp³-hybridized carbons (Fsp3) is 0.371. The molecule has 0 saturated carbocycles. The molecule has 0 aliphatic rings. The van der Waals surface area contributed by atoms with Crippen molar-refractivity contribution in [1.29, 1.82) is 0 Å². The molecule has 0 spiro atoms. The summed E-state index contributed by atoms with van der Waals surface area (Å²) in [6, 6.07) is 14.9. The van der Waals surface area contributed by atoms with Crippen molar-refractivity contribution >= 4 is 0 Å². The normalized spacial score (nSPS) is 12.1. The van der Waals surface area contributed by atoms with Gasteiger partial charge in [0.1, 0.15) is 11.5 Å². The van der Waals surface area contributed by atoms with Crippen molar-refractivity contribution in [2.45, 2.75) is 85.0 Å². The molecule has 37 heavy (non-hydrogen) atoms. The minimum Gasteiger partial charge on any atom is -0.507 e. The van der Waals surface area contributed by atoms with E-state index < -0.39 is 0 Å². The Morgan fingerprint density at radius 2 is 1.08 bits per heavy atom. The Morgan fingerprint density at radius 1 is 0.703 bits per heavy atom. The lowest BCUT2D eigenvalue weighted by Crippen LogP contribution is -2.24. The molecule has 3 aromatic carbocycles. The largest absolute Gasteiger partial charge is 0.507 e. The predicted octanol–water partition coefficient (Wildman–Crippen LogP) is 8.95. The Kier molecular flexibility index (Phi) is 8.12. The molecule has 0 aliphatic carbocycles. The van der Waals surface area contributed by atoms with Gasteiger partial charge in [-0.05, 0) is 76.5 Å². The highest BCUT2D eigenvalue weighted by Crippen LogP contribution is 2.48. The summed E-state index contributed by atoms with van der Waals surface area (Å²) < 4.78 is 0. The van der Waals surface area contributed by atoms with Gasteiger partial charge in [0.15, 0.2) is 0 Å². The smallest absolute Gasteiger partial charge is 0.122 e. The number of allylic oxidation sites excluding steroid dienone is 2. The summed E-state index contributed by atoms with van der Waals surface area (Å²) in [5.74, 6) is 0.617. The van der Waals surface area contributed by atoms with Gasteiger partial charge in [-0.25, -0.2) is 0 Å². The monoisotopic (exact) mass is 496 g/mol. The van der Waals surface area contributed by atoms with Crippen LogP contribution < -0.4 is 0 Å². The van der Waals surface area contributed by atoms with E-state index in [1.165, 1.54) is 16.7 Å². The Labute approximate surface area is 224 Å². The van der Waals surface area contributed by atoms with E-state index in [0.29, 0.717) is 24.3 Å². The van der Waals surface area contributed by atoms with Crippen LogP contribution in [0.2, 0.25) is 0 Å². The minimum absolute atomic E-state index is 0.0876. The van der Waals surface area contributed by atoms with Gasteiger partial charge in [0.25, 0.3) is 0 Å². The van der Waals surface area contributed by atoms with E-state index in [1.54, 1.807) is 0 Å². The maximum absolute atomic E-state index is 11.2. The highest BCUT2D eigenvalue weighted by molar-refractivity contribution is 5.62. The molecule has 0 saturated heterocycles. The number of hydrogen-bond donors (Lipinski definition) is 2. The van der Waals surface area contributed by atoms with Gasteiger partial charge in [-0.1, -0.05) is 96.2 Å². The van der Waals surface area contributed by atoms with Gasteiger partial charge in [-0.2, -0.15) is 0 Å². The van der Waals surface area contributed by atoms with Crippen molar-refractivity contribution in [2.75, 3.05) is 0 Å². The number of hydrogen-bond acceptors (Lipinski definition) is 2. The molecular formula is C35H44O2. The summed E-state index contributed by atoms with van der Waals surface area (Å²) in [4.78, 5) is 0. The van der Waals surface area contributed by atoms with Gasteiger partial charge in [0.05, 0.1) is 0 Å². The average molecular weight is 497 g/mol. The lowest BCUT2D eigenvalue weighted by atomic mass is 9.68. The Morgan fingerprint density at radius 3 is 1.41 bits per heavy atom. The molecule has 0 amide bonds. The van der Waals surface area contributed by atoms with Crippen molar-refractivity contribution in [1.82, 2.24) is 0 Å². The van der Waals surface area contributed by atoms with Crippen LogP contribution in [0.5, 0.6) is 11.5 Å². The summed E-state index contributed by atoms with van der Waals surface area (Å²) in [5, 5.41) is 22.4. The van der Waals surface area contributed by atoms with E-state index in [1.807, 2.05) is 32.1 Å². The van der Waals surface area contributed by atoms with E-state index >= 15 is 0 Å². The zero-order valence-electron chi connectivity index (χ0n) is 24.0. The second-order valence-corrected chi connectivity index (χ2v) is 12.3. The van der Waals surface area contributed by atoms with E-state index in [9.17, 15) is 10.2 Å². The van der Waals surface area contributed by atoms with E-state index in [-0.39, 0.29) is 16.7 Å². The lowest BCUT2D eigenvalue weighted by molar-refractivity contribution is 0.457. The van der Waals surface area contributed by atoms with Crippen LogP contribution in [0.25, 0.3) is 0 Å². The highest BCUT2D eigenvalue weighted by Gasteiger charge is 2.34. The number of phenols is 2. The molecule has 0 atom stereocenters. The third-order valence-corrected chi connectivity index (χ3v) is 7.20. The van der Waals surface area contributed by atoms with Crippen LogP contribution in [0.3, 0.4) is 0 Å². The molecule has 0 unspecified atom stereocenters. The van der Waals surface area contributed by atoms with Crippen molar-refractivity contribution in [3.05, 3.63) is 118 Å². The molecule has 0 aliphatic heterocycles. The molecule has 3 aromatic rings. The van der Waals surface area contributed by atoms with Crippen LogP contribution in [0, 0.1) is 13.8 Å². The van der Waals surface area contributed by atoms with Gasteiger partial charge < -0.3 is 10.2 Å². The number of phenolic OH excluding ortho intramolecular Hbond substituents is 2. The first-order valence-electron chi connectivity index (χ1n) is 13.2. The zero-order chi connectivity index (χ0) is 27.7. The van der Waals surface area contributed by atoms with Crippen LogP contribution in [0.4, 0.5) is 0 Å². The van der Waals surface area contributed by atoms with E-state index in [0.717, 1.165) is 33.4 Å². The quantitative estimate of drug-likeness (QED) is 0.253. The van der Waals surface area contributed by atoms with Crippen LogP contribution in [0.15, 0.2) is 67.8 Å². The topological polar surface area (TPSA) is 40.5 Å². The zero-order valence-corrected chi connectivity index (χ0v) is 24.0. The van der Waals surface area contributed by atoms with Crippen molar-refractivity contribution in [3.8, 4) is 11.5 Å². The van der Waals surface area contributed by atoms with Crippen LogP contribution in [-0.2, 0) is 23.7 Å². The number of rotatable bonds is 7. The van der Waals surface area contributed by atoms with Gasteiger partial charge in [0.2, 0.25) is 0 Å². The molecule has 0 heterocycles. The molecule has 0 bridgehead atoms. The second-order valence-electron chi connectivity index (χ2n) is 12.3. The minimum atomic E-state index is -0.219. The van der Waals surface area contributed by atoms with Crippen molar-refractivity contribution < 1.29 is 10.2 Å². The van der Waals surface area contributed by atoms with E-state index in [2.05, 4.69) is 91.1 Å². The van der Waals surface area contributed by atoms with E-state index in [4.69, 9.17) is 0 Å². The Balaban J connectivity index is 2.61. The number of benzene rings is 3. The average Bonchev–Trinajstić information content (AvgIpc) is 2.79. The molecule has 196 valence electrons. The molecule has 2 nitrogen and oxygen atoms in total. The molecule has 0 radical (unpaired) electrons. The maximum atomic E-state index is 11.2. The second kappa shape index (κ2) is 10.6. The number of aryl methyl sites for hydroxylation is 2. The Hall–Kier alpha value is -3.26. The SMILES string of the molecule is C=CCc1c(O)c(C)cc(C(c2ccccc2)c2cc(C)c(O)c(CC=C)c2C(C)(C)C)c1C(C)(C)C.